The summed E-state index contributed by atoms with van der Waals surface area (Å²) in [7, 11) is 0. The molecule has 3 aromatic carbocycles. The van der Waals surface area contributed by atoms with Gasteiger partial charge in [0, 0.05) is 45.0 Å². The van der Waals surface area contributed by atoms with Gasteiger partial charge in [0.25, 0.3) is 0 Å². The highest BCUT2D eigenvalue weighted by atomic mass is 19.4. The average molecular weight is 506 g/mol. The van der Waals surface area contributed by atoms with Gasteiger partial charge in [-0.05, 0) is 53.3 Å². The van der Waals surface area contributed by atoms with Crippen molar-refractivity contribution in [2.24, 2.45) is 5.92 Å². The number of carbonyl (C=O) groups is 1. The van der Waals surface area contributed by atoms with Gasteiger partial charge in [0.15, 0.2) is 0 Å². The molecule has 6 rings (SSSR count). The summed E-state index contributed by atoms with van der Waals surface area (Å²) in [4.78, 5) is 20.5. The Labute approximate surface area is 215 Å². The molecule has 3 heterocycles. The monoisotopic (exact) mass is 505 g/mol. The van der Waals surface area contributed by atoms with Crippen molar-refractivity contribution < 1.29 is 18.0 Å². The van der Waals surface area contributed by atoms with Crippen molar-refractivity contribution in [2.45, 2.75) is 38.1 Å². The quantitative estimate of drug-likeness (QED) is 0.493. The molecular weight excluding hydrogens is 475 g/mol. The second kappa shape index (κ2) is 9.53. The number of benzene rings is 3. The molecule has 0 N–H and O–H groups in total. The zero-order valence-electron chi connectivity index (χ0n) is 20.6. The topological polar surface area (TPSA) is 26.8 Å². The molecule has 1 amide bonds. The van der Waals surface area contributed by atoms with Crippen molar-refractivity contribution in [2.75, 3.05) is 31.1 Å². The molecule has 7 heteroatoms. The number of nitrogens with zero attached hydrogens (tertiary/aromatic N) is 3. The fraction of sp³-hybridized carbons (Fsp3) is 0.367. The average Bonchev–Trinajstić information content (AvgIpc) is 2.91. The summed E-state index contributed by atoms with van der Waals surface area (Å²) in [6, 6.07) is 22.4. The lowest BCUT2D eigenvalue weighted by Crippen LogP contribution is -2.61. The predicted molar refractivity (Wildman–Crippen MR) is 137 cm³/mol. The van der Waals surface area contributed by atoms with Crippen LogP contribution in [0.25, 0.3) is 0 Å². The Bertz CT molecular complexity index is 1290. The van der Waals surface area contributed by atoms with Gasteiger partial charge in [0.2, 0.25) is 5.91 Å². The third-order valence-electron chi connectivity index (χ3n) is 8.13. The molecule has 2 unspecified atom stereocenters. The minimum absolute atomic E-state index is 0.0501. The minimum atomic E-state index is -4.41. The normalized spacial score (nSPS) is 21.7. The number of rotatable bonds is 3. The number of halogens is 3. The Morgan fingerprint density at radius 1 is 0.865 bits per heavy atom. The first-order chi connectivity index (χ1) is 17.9. The fourth-order valence-corrected chi connectivity index (χ4v) is 6.25. The molecule has 0 aliphatic carbocycles. The van der Waals surface area contributed by atoms with Crippen molar-refractivity contribution in [3.63, 3.8) is 0 Å². The molecule has 3 aliphatic rings. The first-order valence-electron chi connectivity index (χ1n) is 13.0. The van der Waals surface area contributed by atoms with E-state index >= 15 is 0 Å². The maximum atomic E-state index is 14.0. The molecule has 0 spiro atoms. The Morgan fingerprint density at radius 3 is 2.41 bits per heavy atom. The van der Waals surface area contributed by atoms with Gasteiger partial charge >= 0.3 is 6.18 Å². The van der Waals surface area contributed by atoms with Crippen LogP contribution in [0.15, 0.2) is 72.8 Å². The second-order valence-corrected chi connectivity index (χ2v) is 10.4. The van der Waals surface area contributed by atoms with Crippen molar-refractivity contribution >= 4 is 11.6 Å². The van der Waals surface area contributed by atoms with E-state index in [9.17, 15) is 18.0 Å². The molecule has 3 aliphatic heterocycles. The van der Waals surface area contributed by atoms with Crippen LogP contribution in [0.5, 0.6) is 0 Å². The van der Waals surface area contributed by atoms with Crippen LogP contribution in [0.3, 0.4) is 0 Å². The summed E-state index contributed by atoms with van der Waals surface area (Å²) in [6.45, 7) is 4.18. The molecular formula is C30H30F3N3O. The summed E-state index contributed by atoms with van der Waals surface area (Å²) in [5.41, 5.74) is 4.46. The third kappa shape index (κ3) is 4.73. The molecule has 0 aromatic heterocycles. The molecule has 0 radical (unpaired) electrons. The summed E-state index contributed by atoms with van der Waals surface area (Å²) in [5, 5.41) is 0. The lowest BCUT2D eigenvalue weighted by molar-refractivity contribution is -0.137. The number of amides is 1. The number of fused-ring (bicyclic) bond motifs is 4. The Hall–Kier alpha value is -3.32. The lowest BCUT2D eigenvalue weighted by atomic mass is 9.82. The molecule has 1 saturated heterocycles. The SMILES string of the molecule is O=C(C1Cc2cc(C(F)(F)F)ccc2N2CCN(Cc3ccccc3)CC12)N1CCc2ccccc2C1. The number of alkyl halides is 3. The van der Waals surface area contributed by atoms with Gasteiger partial charge in [-0.3, -0.25) is 9.69 Å². The molecule has 2 atom stereocenters. The summed E-state index contributed by atoms with van der Waals surface area (Å²) in [5.74, 6) is -0.339. The molecule has 37 heavy (non-hydrogen) atoms. The summed E-state index contributed by atoms with van der Waals surface area (Å²) >= 11 is 0. The highest BCUT2D eigenvalue weighted by Gasteiger charge is 2.44. The van der Waals surface area contributed by atoms with Crippen molar-refractivity contribution in [1.29, 1.82) is 0 Å². The molecule has 1 fully saturated rings. The summed E-state index contributed by atoms with van der Waals surface area (Å²) in [6.07, 6.45) is -3.27. The minimum Gasteiger partial charge on any atom is -0.365 e. The van der Waals surface area contributed by atoms with Crippen LogP contribution in [-0.2, 0) is 36.9 Å². The Morgan fingerprint density at radius 2 is 1.62 bits per heavy atom. The zero-order chi connectivity index (χ0) is 25.6. The van der Waals surface area contributed by atoms with Crippen molar-refractivity contribution in [1.82, 2.24) is 9.80 Å². The first-order valence-corrected chi connectivity index (χ1v) is 13.0. The predicted octanol–water partition coefficient (Wildman–Crippen LogP) is 5.15. The van der Waals surface area contributed by atoms with Gasteiger partial charge in [-0.1, -0.05) is 54.6 Å². The number of carbonyl (C=O) groups excluding carboxylic acids is 1. The summed E-state index contributed by atoms with van der Waals surface area (Å²) < 4.78 is 40.6. The maximum absolute atomic E-state index is 14.0. The van der Waals surface area contributed by atoms with Crippen molar-refractivity contribution in [3.05, 3.63) is 101 Å². The van der Waals surface area contributed by atoms with Crippen LogP contribution >= 0.6 is 0 Å². The van der Waals surface area contributed by atoms with E-state index in [1.54, 1.807) is 6.07 Å². The number of anilines is 1. The fourth-order valence-electron chi connectivity index (χ4n) is 6.25. The Kier molecular flexibility index (Phi) is 6.19. The van der Waals surface area contributed by atoms with Crippen LogP contribution in [0.2, 0.25) is 0 Å². The van der Waals surface area contributed by atoms with E-state index in [1.165, 1.54) is 23.3 Å². The van der Waals surface area contributed by atoms with Gasteiger partial charge in [-0.2, -0.15) is 13.2 Å². The van der Waals surface area contributed by atoms with Crippen molar-refractivity contribution in [3.8, 4) is 0 Å². The lowest BCUT2D eigenvalue weighted by Gasteiger charge is -2.50. The number of hydrogen-bond acceptors (Lipinski definition) is 3. The molecule has 0 bridgehead atoms. The van der Waals surface area contributed by atoms with Gasteiger partial charge in [0.05, 0.1) is 17.5 Å². The van der Waals surface area contributed by atoms with E-state index < -0.39 is 11.7 Å². The molecule has 192 valence electrons. The van der Waals surface area contributed by atoms with E-state index in [0.717, 1.165) is 30.8 Å². The van der Waals surface area contributed by atoms with Gasteiger partial charge in [-0.25, -0.2) is 0 Å². The Balaban J connectivity index is 1.31. The zero-order valence-corrected chi connectivity index (χ0v) is 20.6. The number of piperazine rings is 1. The van der Waals surface area contributed by atoms with Crippen LogP contribution in [-0.4, -0.2) is 47.9 Å². The van der Waals surface area contributed by atoms with E-state index in [1.807, 2.05) is 35.2 Å². The van der Waals surface area contributed by atoms with Gasteiger partial charge in [0.1, 0.15) is 0 Å². The van der Waals surface area contributed by atoms with Crippen LogP contribution < -0.4 is 4.90 Å². The standard InChI is InChI=1S/C30H30F3N3O/c31-30(32,33)25-10-11-27-24(16-25)17-26(29(37)35-13-12-22-8-4-5-9-23(22)19-35)28-20-34(14-15-36(27)28)18-21-6-2-1-3-7-21/h1-11,16,26,28H,12-15,17-20H2. The van der Waals surface area contributed by atoms with Gasteiger partial charge < -0.3 is 9.80 Å². The smallest absolute Gasteiger partial charge is 0.365 e. The first kappa shape index (κ1) is 24.0. The van der Waals surface area contributed by atoms with Crippen LogP contribution in [0.1, 0.15) is 27.8 Å². The largest absolute Gasteiger partial charge is 0.416 e. The molecule has 3 aromatic rings. The van der Waals surface area contributed by atoms with Gasteiger partial charge in [-0.15, -0.1) is 0 Å². The van der Waals surface area contributed by atoms with E-state index in [4.69, 9.17) is 0 Å². The molecule has 0 saturated carbocycles. The van der Waals surface area contributed by atoms with E-state index in [0.29, 0.717) is 38.2 Å². The third-order valence-corrected chi connectivity index (χ3v) is 8.13. The highest BCUT2D eigenvalue weighted by molar-refractivity contribution is 5.82. The number of hydrogen-bond donors (Lipinski definition) is 0. The van der Waals surface area contributed by atoms with E-state index in [-0.39, 0.29) is 17.9 Å². The van der Waals surface area contributed by atoms with Crippen LogP contribution in [0, 0.1) is 5.92 Å². The molecule has 4 nitrogen and oxygen atoms in total. The maximum Gasteiger partial charge on any atom is 0.416 e. The highest BCUT2D eigenvalue weighted by Crippen LogP contribution is 2.40. The second-order valence-electron chi connectivity index (χ2n) is 10.4. The van der Waals surface area contributed by atoms with E-state index in [2.05, 4.69) is 34.1 Å². The van der Waals surface area contributed by atoms with Crippen LogP contribution in [0.4, 0.5) is 18.9 Å².